The number of carbonyl (C=O) groups excluding carboxylic acids is 3. The van der Waals surface area contributed by atoms with Crippen molar-refractivity contribution in [3.8, 4) is 0 Å². The fraction of sp³-hybridized carbons (Fsp3) is 0.800. The molecule has 2 amide bonds. The van der Waals surface area contributed by atoms with Gasteiger partial charge in [0.2, 0.25) is 11.8 Å². The number of hydrogen-bond acceptors (Lipinski definition) is 5. The molecule has 1 aliphatic carbocycles. The third-order valence-electron chi connectivity index (χ3n) is 5.71. The van der Waals surface area contributed by atoms with Crippen LogP contribution < -0.4 is 5.32 Å². The molecule has 2 aliphatic rings. The van der Waals surface area contributed by atoms with Crippen LogP contribution in [-0.2, 0) is 19.2 Å². The number of carboxylic acid groups (broad SMARTS) is 1. The molecule has 0 aromatic carbocycles. The number of thioether (sulfide) groups is 1. The molecule has 0 radical (unpaired) electrons. The summed E-state index contributed by atoms with van der Waals surface area (Å²) >= 11 is 1.11. The average molecular weight is 413 g/mol. The second-order valence-electron chi connectivity index (χ2n) is 8.03. The second kappa shape index (κ2) is 10.8. The van der Waals surface area contributed by atoms with E-state index in [1.807, 2.05) is 0 Å². The zero-order chi connectivity index (χ0) is 20.7. The third kappa shape index (κ3) is 6.50. The Kier molecular flexibility index (Phi) is 8.79. The summed E-state index contributed by atoms with van der Waals surface area (Å²) in [6, 6.07) is -1.52. The quantitative estimate of drug-likeness (QED) is 0.635. The van der Waals surface area contributed by atoms with Crippen LogP contribution in [0, 0.1) is 11.8 Å². The van der Waals surface area contributed by atoms with Gasteiger partial charge in [-0.2, -0.15) is 0 Å². The molecule has 28 heavy (non-hydrogen) atoms. The highest BCUT2D eigenvalue weighted by Gasteiger charge is 2.37. The maximum absolute atomic E-state index is 12.8. The Hall–Kier alpha value is -1.57. The van der Waals surface area contributed by atoms with E-state index in [-0.39, 0.29) is 22.8 Å². The molecule has 158 valence electrons. The second-order valence-corrected chi connectivity index (χ2v) is 9.23. The number of carboxylic acids is 1. The molecule has 1 heterocycles. The summed E-state index contributed by atoms with van der Waals surface area (Å²) < 4.78 is 0. The van der Waals surface area contributed by atoms with Gasteiger partial charge in [-0.1, -0.05) is 50.8 Å². The molecule has 0 spiro atoms. The highest BCUT2D eigenvalue weighted by Crippen LogP contribution is 2.28. The molecule has 1 aliphatic heterocycles. The standard InChI is InChI=1S/C20H32N2O5S/c1-13(12-28-14(2)23)19(25)22-10-6-9-17(22)18(24)21-16(20(26)27)11-15-7-4-3-5-8-15/h13,15-17H,3-12H2,1-2H3,(H,21,24)(H,26,27). The molecule has 2 fully saturated rings. The van der Waals surface area contributed by atoms with Gasteiger partial charge in [-0.25, -0.2) is 4.79 Å². The average Bonchev–Trinajstić information content (AvgIpc) is 3.15. The summed E-state index contributed by atoms with van der Waals surface area (Å²) in [7, 11) is 0. The SMILES string of the molecule is CC(=O)SCC(C)C(=O)N1CCCC1C(=O)NC(CC1CCCCC1)C(=O)O. The molecule has 3 atom stereocenters. The van der Waals surface area contributed by atoms with Crippen LogP contribution in [0.5, 0.6) is 0 Å². The maximum Gasteiger partial charge on any atom is 0.326 e. The molecular weight excluding hydrogens is 380 g/mol. The van der Waals surface area contributed by atoms with E-state index in [9.17, 15) is 24.3 Å². The maximum atomic E-state index is 12.8. The van der Waals surface area contributed by atoms with Crippen molar-refractivity contribution in [3.05, 3.63) is 0 Å². The van der Waals surface area contributed by atoms with Gasteiger partial charge in [0.1, 0.15) is 12.1 Å². The molecule has 1 saturated heterocycles. The molecule has 2 rings (SSSR count). The highest BCUT2D eigenvalue weighted by atomic mass is 32.2. The van der Waals surface area contributed by atoms with Gasteiger partial charge < -0.3 is 15.3 Å². The molecule has 3 unspecified atom stereocenters. The smallest absolute Gasteiger partial charge is 0.326 e. The van der Waals surface area contributed by atoms with Crippen LogP contribution in [0.15, 0.2) is 0 Å². The Labute approximate surface area is 171 Å². The van der Waals surface area contributed by atoms with Gasteiger partial charge in [-0.05, 0) is 25.2 Å². The third-order valence-corrected chi connectivity index (χ3v) is 6.78. The zero-order valence-electron chi connectivity index (χ0n) is 16.8. The summed E-state index contributed by atoms with van der Waals surface area (Å²) in [5, 5.41) is 12.2. The van der Waals surface area contributed by atoms with E-state index in [0.29, 0.717) is 31.1 Å². The minimum Gasteiger partial charge on any atom is -0.480 e. The minimum absolute atomic E-state index is 0.0395. The molecule has 0 aromatic heterocycles. The van der Waals surface area contributed by atoms with E-state index < -0.39 is 18.1 Å². The normalized spacial score (nSPS) is 22.5. The van der Waals surface area contributed by atoms with E-state index in [1.54, 1.807) is 11.8 Å². The van der Waals surface area contributed by atoms with Crippen LogP contribution in [0.4, 0.5) is 0 Å². The Morgan fingerprint density at radius 3 is 2.39 bits per heavy atom. The van der Waals surface area contributed by atoms with E-state index in [0.717, 1.165) is 43.9 Å². The lowest BCUT2D eigenvalue weighted by Crippen LogP contribution is -2.52. The molecule has 1 saturated carbocycles. The minimum atomic E-state index is -1.01. The van der Waals surface area contributed by atoms with Crippen LogP contribution in [0.25, 0.3) is 0 Å². The van der Waals surface area contributed by atoms with E-state index >= 15 is 0 Å². The van der Waals surface area contributed by atoms with Crippen LogP contribution in [-0.4, -0.2) is 57.3 Å². The predicted molar refractivity (Wildman–Crippen MR) is 108 cm³/mol. The lowest BCUT2D eigenvalue weighted by molar-refractivity contribution is -0.145. The monoisotopic (exact) mass is 412 g/mol. The van der Waals surface area contributed by atoms with Gasteiger partial charge in [0.25, 0.3) is 0 Å². The summed E-state index contributed by atoms with van der Waals surface area (Å²) in [5.74, 6) is -1.18. The molecule has 7 nitrogen and oxygen atoms in total. The number of amides is 2. The molecule has 0 aromatic rings. The van der Waals surface area contributed by atoms with Gasteiger partial charge in [-0.15, -0.1) is 0 Å². The number of aliphatic carboxylic acids is 1. The van der Waals surface area contributed by atoms with Gasteiger partial charge in [-0.3, -0.25) is 14.4 Å². The zero-order valence-corrected chi connectivity index (χ0v) is 17.6. The van der Waals surface area contributed by atoms with Crippen molar-refractivity contribution in [2.45, 2.75) is 77.3 Å². The summed E-state index contributed by atoms with van der Waals surface area (Å²) in [6.45, 7) is 3.72. The Morgan fingerprint density at radius 2 is 1.79 bits per heavy atom. The molecule has 2 N–H and O–H groups in total. The number of nitrogens with one attached hydrogen (secondary N) is 1. The number of hydrogen-bond donors (Lipinski definition) is 2. The fourth-order valence-electron chi connectivity index (χ4n) is 4.15. The van der Waals surface area contributed by atoms with Gasteiger partial charge in [0.05, 0.1) is 0 Å². The van der Waals surface area contributed by atoms with Gasteiger partial charge in [0, 0.05) is 25.1 Å². The lowest BCUT2D eigenvalue weighted by atomic mass is 9.85. The first-order valence-corrected chi connectivity index (χ1v) is 11.2. The fourth-order valence-corrected chi connectivity index (χ4v) is 4.77. The van der Waals surface area contributed by atoms with E-state index in [1.165, 1.54) is 13.3 Å². The predicted octanol–water partition coefficient (Wildman–Crippen LogP) is 2.43. The van der Waals surface area contributed by atoms with Crippen molar-refractivity contribution in [3.63, 3.8) is 0 Å². The van der Waals surface area contributed by atoms with Crippen molar-refractivity contribution < 1.29 is 24.3 Å². The van der Waals surface area contributed by atoms with Crippen LogP contribution in [0.1, 0.15) is 65.2 Å². The van der Waals surface area contributed by atoms with Crippen LogP contribution in [0.2, 0.25) is 0 Å². The first-order valence-electron chi connectivity index (χ1n) is 10.3. The molecule has 8 heteroatoms. The van der Waals surface area contributed by atoms with Gasteiger partial charge in [0.15, 0.2) is 5.12 Å². The topological polar surface area (TPSA) is 104 Å². The Bertz CT molecular complexity index is 591. The highest BCUT2D eigenvalue weighted by molar-refractivity contribution is 8.13. The summed E-state index contributed by atoms with van der Waals surface area (Å²) in [4.78, 5) is 49.8. The van der Waals surface area contributed by atoms with Crippen molar-refractivity contribution in [2.75, 3.05) is 12.3 Å². The van der Waals surface area contributed by atoms with Crippen molar-refractivity contribution >= 4 is 34.7 Å². The summed E-state index contributed by atoms with van der Waals surface area (Å²) in [6.07, 6.45) is 7.17. The van der Waals surface area contributed by atoms with Gasteiger partial charge >= 0.3 is 5.97 Å². The Morgan fingerprint density at radius 1 is 1.11 bits per heavy atom. The van der Waals surface area contributed by atoms with Crippen LogP contribution >= 0.6 is 11.8 Å². The molecule has 0 bridgehead atoms. The largest absolute Gasteiger partial charge is 0.480 e. The van der Waals surface area contributed by atoms with Crippen molar-refractivity contribution in [2.24, 2.45) is 11.8 Å². The number of rotatable bonds is 8. The van der Waals surface area contributed by atoms with Crippen LogP contribution in [0.3, 0.4) is 0 Å². The van der Waals surface area contributed by atoms with E-state index in [2.05, 4.69) is 5.32 Å². The number of nitrogens with zero attached hydrogens (tertiary/aromatic N) is 1. The van der Waals surface area contributed by atoms with Crippen molar-refractivity contribution in [1.82, 2.24) is 10.2 Å². The number of likely N-dealkylation sites (tertiary alicyclic amines) is 1. The van der Waals surface area contributed by atoms with E-state index in [4.69, 9.17) is 0 Å². The molecular formula is C20H32N2O5S. The number of carbonyl (C=O) groups is 4. The Balaban J connectivity index is 1.95. The van der Waals surface area contributed by atoms with Crippen molar-refractivity contribution in [1.29, 1.82) is 0 Å². The first kappa shape index (κ1) is 22.7. The first-order chi connectivity index (χ1) is 13.3. The lowest BCUT2D eigenvalue weighted by Gasteiger charge is -2.29. The summed E-state index contributed by atoms with van der Waals surface area (Å²) in [5.41, 5.74) is 0.